The zero-order chi connectivity index (χ0) is 9.42. The third-order valence-corrected chi connectivity index (χ3v) is 2.20. The van der Waals surface area contributed by atoms with E-state index in [1.165, 1.54) is 0 Å². The summed E-state index contributed by atoms with van der Waals surface area (Å²) in [5.74, 6) is 0.0206. The average Bonchev–Trinajstić information content (AvgIpc) is 2.02. The highest BCUT2D eigenvalue weighted by atomic mass is 35.5. The maximum Gasteiger partial charge on any atom is 0.211 e. The minimum absolute atomic E-state index is 0.0206. The topological polar surface area (TPSA) is 33.1 Å². The van der Waals surface area contributed by atoms with E-state index in [-0.39, 0.29) is 5.88 Å². The van der Waals surface area contributed by atoms with Crippen molar-refractivity contribution in [1.82, 2.24) is 4.98 Å². The summed E-state index contributed by atoms with van der Waals surface area (Å²) in [6, 6.07) is 7.93. The molecule has 2 rings (SSSR count). The summed E-state index contributed by atoms with van der Waals surface area (Å²) in [5, 5.41) is 10.6. The predicted octanol–water partition coefficient (Wildman–Crippen LogP) is 2.70. The Morgan fingerprint density at radius 1 is 1.54 bits per heavy atom. The number of aromatic nitrogens is 1. The van der Waals surface area contributed by atoms with Crippen LogP contribution in [0, 0.1) is 13.0 Å². The summed E-state index contributed by atoms with van der Waals surface area (Å²) in [7, 11) is 0. The molecule has 0 aliphatic rings. The standard InChI is InChI=1S/C10H7ClNO/c1-6-5-9(13)12-8-4-2-3-7(11)10(6)8/h2,4-5H,1H3,(H,12,13). The highest BCUT2D eigenvalue weighted by Gasteiger charge is 2.04. The number of aryl methyl sites for hydroxylation is 1. The Morgan fingerprint density at radius 2 is 2.31 bits per heavy atom. The van der Waals surface area contributed by atoms with Crippen LogP contribution in [0.4, 0.5) is 0 Å². The van der Waals surface area contributed by atoms with Gasteiger partial charge in [-0.3, -0.25) is 0 Å². The first-order chi connectivity index (χ1) is 6.18. The Morgan fingerprint density at radius 3 is 3.08 bits per heavy atom. The molecule has 0 amide bonds. The molecule has 0 saturated carbocycles. The fraction of sp³-hybridized carbons (Fsp3) is 0.100. The summed E-state index contributed by atoms with van der Waals surface area (Å²) in [5.41, 5.74) is 1.60. The number of rotatable bonds is 0. The van der Waals surface area contributed by atoms with Crippen LogP contribution in [0.3, 0.4) is 0 Å². The molecular formula is C10H7ClNO. The van der Waals surface area contributed by atoms with Crippen LogP contribution in [0.1, 0.15) is 5.56 Å². The molecule has 65 valence electrons. The molecular weight excluding hydrogens is 186 g/mol. The molecule has 0 saturated heterocycles. The van der Waals surface area contributed by atoms with Crippen molar-refractivity contribution in [1.29, 1.82) is 0 Å². The van der Waals surface area contributed by atoms with E-state index < -0.39 is 0 Å². The summed E-state index contributed by atoms with van der Waals surface area (Å²) in [4.78, 5) is 3.95. The lowest BCUT2D eigenvalue weighted by Gasteiger charge is -2.03. The molecule has 1 aromatic heterocycles. The van der Waals surface area contributed by atoms with E-state index >= 15 is 0 Å². The molecule has 0 aliphatic carbocycles. The van der Waals surface area contributed by atoms with Crippen LogP contribution in [-0.4, -0.2) is 10.1 Å². The molecule has 0 aliphatic heterocycles. The molecule has 1 radical (unpaired) electrons. The second-order valence-electron chi connectivity index (χ2n) is 2.85. The van der Waals surface area contributed by atoms with Gasteiger partial charge in [0, 0.05) is 17.5 Å². The van der Waals surface area contributed by atoms with Gasteiger partial charge in [0.25, 0.3) is 0 Å². The molecule has 1 N–H and O–H groups in total. The van der Waals surface area contributed by atoms with Crippen molar-refractivity contribution in [2.45, 2.75) is 6.92 Å². The number of aromatic hydroxyl groups is 1. The lowest BCUT2D eigenvalue weighted by Crippen LogP contribution is -1.84. The van der Waals surface area contributed by atoms with Crippen LogP contribution in [0.15, 0.2) is 18.2 Å². The van der Waals surface area contributed by atoms with Crippen LogP contribution in [0.25, 0.3) is 10.9 Å². The Hall–Kier alpha value is -1.28. The predicted molar refractivity (Wildman–Crippen MR) is 52.0 cm³/mol. The lowest BCUT2D eigenvalue weighted by molar-refractivity contribution is 0.455. The fourth-order valence-corrected chi connectivity index (χ4v) is 1.66. The van der Waals surface area contributed by atoms with Gasteiger partial charge in [0.1, 0.15) is 0 Å². The van der Waals surface area contributed by atoms with E-state index in [4.69, 9.17) is 11.6 Å². The number of hydrogen-bond acceptors (Lipinski definition) is 2. The number of benzene rings is 1. The van der Waals surface area contributed by atoms with E-state index in [0.29, 0.717) is 10.5 Å². The quantitative estimate of drug-likeness (QED) is 0.696. The van der Waals surface area contributed by atoms with E-state index in [2.05, 4.69) is 11.1 Å². The maximum atomic E-state index is 9.24. The van der Waals surface area contributed by atoms with Crippen molar-refractivity contribution in [3.63, 3.8) is 0 Å². The van der Waals surface area contributed by atoms with Gasteiger partial charge in [0.2, 0.25) is 5.88 Å². The van der Waals surface area contributed by atoms with Gasteiger partial charge < -0.3 is 5.11 Å². The van der Waals surface area contributed by atoms with Crippen molar-refractivity contribution in [3.05, 3.63) is 34.9 Å². The zero-order valence-corrected chi connectivity index (χ0v) is 7.76. The van der Waals surface area contributed by atoms with E-state index in [1.54, 1.807) is 18.2 Å². The second kappa shape index (κ2) is 2.89. The molecule has 2 nitrogen and oxygen atoms in total. The minimum Gasteiger partial charge on any atom is -0.493 e. The highest BCUT2D eigenvalue weighted by molar-refractivity contribution is 6.35. The van der Waals surface area contributed by atoms with Gasteiger partial charge in [-0.2, -0.15) is 0 Å². The van der Waals surface area contributed by atoms with Gasteiger partial charge in [-0.15, -0.1) is 0 Å². The monoisotopic (exact) mass is 192 g/mol. The van der Waals surface area contributed by atoms with Gasteiger partial charge in [0.05, 0.1) is 10.5 Å². The molecule has 0 bridgehead atoms. The Labute approximate surface area is 80.8 Å². The first-order valence-corrected chi connectivity index (χ1v) is 4.23. The normalized spacial score (nSPS) is 10.6. The Bertz CT molecular complexity index is 468. The van der Waals surface area contributed by atoms with Gasteiger partial charge >= 0.3 is 0 Å². The smallest absolute Gasteiger partial charge is 0.211 e. The van der Waals surface area contributed by atoms with E-state index in [9.17, 15) is 5.11 Å². The number of pyridine rings is 1. The molecule has 2 aromatic rings. The van der Waals surface area contributed by atoms with Crippen molar-refractivity contribution >= 4 is 22.5 Å². The Balaban J connectivity index is 2.94. The summed E-state index contributed by atoms with van der Waals surface area (Å²) < 4.78 is 0. The van der Waals surface area contributed by atoms with Gasteiger partial charge in [-0.05, 0) is 18.6 Å². The summed E-state index contributed by atoms with van der Waals surface area (Å²) in [6.07, 6.45) is 0. The lowest BCUT2D eigenvalue weighted by atomic mass is 10.1. The SMILES string of the molecule is Cc1cc(O)nc2cc[c]c(Cl)c12. The second-order valence-corrected chi connectivity index (χ2v) is 3.23. The average molecular weight is 193 g/mol. The number of nitrogens with zero attached hydrogens (tertiary/aromatic N) is 1. The van der Waals surface area contributed by atoms with Gasteiger partial charge in [-0.1, -0.05) is 17.7 Å². The van der Waals surface area contributed by atoms with Gasteiger partial charge in [-0.25, -0.2) is 4.98 Å². The molecule has 0 fully saturated rings. The third-order valence-electron chi connectivity index (χ3n) is 1.90. The zero-order valence-electron chi connectivity index (χ0n) is 7.00. The highest BCUT2D eigenvalue weighted by Crippen LogP contribution is 2.26. The first kappa shape index (κ1) is 8.32. The molecule has 0 spiro atoms. The summed E-state index contributed by atoms with van der Waals surface area (Å²) >= 11 is 5.94. The van der Waals surface area contributed by atoms with Crippen LogP contribution in [-0.2, 0) is 0 Å². The van der Waals surface area contributed by atoms with Crippen LogP contribution in [0.5, 0.6) is 5.88 Å². The van der Waals surface area contributed by atoms with Crippen molar-refractivity contribution in [2.24, 2.45) is 0 Å². The first-order valence-electron chi connectivity index (χ1n) is 3.85. The minimum atomic E-state index is 0.0206. The molecule has 1 aromatic carbocycles. The van der Waals surface area contributed by atoms with Crippen LogP contribution >= 0.6 is 11.6 Å². The van der Waals surface area contributed by atoms with Crippen molar-refractivity contribution in [2.75, 3.05) is 0 Å². The Kier molecular flexibility index (Phi) is 1.85. The molecule has 3 heteroatoms. The molecule has 1 heterocycles. The largest absolute Gasteiger partial charge is 0.493 e. The number of halogens is 1. The third kappa shape index (κ3) is 1.33. The van der Waals surface area contributed by atoms with Crippen molar-refractivity contribution < 1.29 is 5.11 Å². The molecule has 0 atom stereocenters. The van der Waals surface area contributed by atoms with Gasteiger partial charge in [0.15, 0.2) is 0 Å². The number of fused-ring (bicyclic) bond motifs is 1. The summed E-state index contributed by atoms with van der Waals surface area (Å²) in [6.45, 7) is 1.88. The van der Waals surface area contributed by atoms with Crippen LogP contribution in [0.2, 0.25) is 5.02 Å². The van der Waals surface area contributed by atoms with Crippen LogP contribution < -0.4 is 0 Å². The number of hydrogen-bond donors (Lipinski definition) is 1. The molecule has 0 unspecified atom stereocenters. The van der Waals surface area contributed by atoms with Crippen molar-refractivity contribution in [3.8, 4) is 5.88 Å². The van der Waals surface area contributed by atoms with E-state index in [0.717, 1.165) is 10.9 Å². The molecule has 13 heavy (non-hydrogen) atoms. The fourth-order valence-electron chi connectivity index (χ4n) is 1.35. The maximum absolute atomic E-state index is 9.24. The van der Waals surface area contributed by atoms with E-state index in [1.807, 2.05) is 6.92 Å².